The van der Waals surface area contributed by atoms with Gasteiger partial charge < -0.3 is 4.57 Å². The number of fused-ring (bicyclic) bond motifs is 6. The first-order valence-electron chi connectivity index (χ1n) is 17.7. The van der Waals surface area contributed by atoms with Crippen molar-refractivity contribution in [2.45, 2.75) is 13.8 Å². The van der Waals surface area contributed by atoms with E-state index in [0.29, 0.717) is 5.82 Å². The van der Waals surface area contributed by atoms with Gasteiger partial charge in [-0.15, -0.1) is 0 Å². The molecule has 0 saturated carbocycles. The molecule has 0 fully saturated rings. The van der Waals surface area contributed by atoms with Gasteiger partial charge in [0, 0.05) is 44.4 Å². The third-order valence-electron chi connectivity index (χ3n) is 10.2. The van der Waals surface area contributed by atoms with E-state index in [4.69, 9.17) is 9.97 Å². The highest BCUT2D eigenvalue weighted by molar-refractivity contribution is 6.12. The Morgan fingerprint density at radius 1 is 0.365 bits per heavy atom. The molecule has 7 aromatic carbocycles. The SMILES string of the molecule is Cc1cc(C)cc(-n2c3ccccc3c3cc(-c4ccc5c(c4)c4ccccc4n5-c4cc(-c5ccccc5)nc(-c5ccccc5)n4)ccc32)c1. The number of nitrogens with zero attached hydrogens (tertiary/aromatic N) is 4. The Balaban J connectivity index is 1.17. The van der Waals surface area contributed by atoms with Crippen LogP contribution in [0.3, 0.4) is 0 Å². The number of aromatic nitrogens is 4. The quantitative estimate of drug-likeness (QED) is 0.183. The zero-order chi connectivity index (χ0) is 34.8. The molecular weight excluding hydrogens is 633 g/mol. The number of aryl methyl sites for hydroxylation is 2. The molecule has 0 amide bonds. The molecule has 3 aromatic heterocycles. The van der Waals surface area contributed by atoms with Crippen molar-refractivity contribution >= 4 is 43.6 Å². The topological polar surface area (TPSA) is 35.6 Å². The van der Waals surface area contributed by atoms with E-state index >= 15 is 0 Å². The van der Waals surface area contributed by atoms with Crippen LogP contribution >= 0.6 is 0 Å². The standard InChI is InChI=1S/C48H34N4/c1-31-25-32(2)27-37(26-31)51-43-19-11-9-17-38(43)40-28-35(21-23-45(40)51)36-22-24-46-41(29-36)39-18-10-12-20-44(39)52(46)47-30-42(33-13-5-3-6-14-33)49-48(50-47)34-15-7-4-8-16-34/h3-30H,1-2H3. The third kappa shape index (κ3) is 4.91. The van der Waals surface area contributed by atoms with Gasteiger partial charge in [-0.1, -0.05) is 115 Å². The molecule has 0 atom stereocenters. The van der Waals surface area contributed by atoms with Gasteiger partial charge in [0.1, 0.15) is 5.82 Å². The van der Waals surface area contributed by atoms with Crippen LogP contribution in [-0.2, 0) is 0 Å². The monoisotopic (exact) mass is 666 g/mol. The molecule has 0 unspecified atom stereocenters. The van der Waals surface area contributed by atoms with Crippen molar-refractivity contribution in [1.82, 2.24) is 19.1 Å². The number of para-hydroxylation sites is 2. The minimum absolute atomic E-state index is 0.702. The van der Waals surface area contributed by atoms with Crippen LogP contribution < -0.4 is 0 Å². The fourth-order valence-electron chi connectivity index (χ4n) is 7.93. The van der Waals surface area contributed by atoms with E-state index in [1.807, 2.05) is 24.3 Å². The van der Waals surface area contributed by atoms with Crippen molar-refractivity contribution in [3.63, 3.8) is 0 Å². The van der Waals surface area contributed by atoms with Gasteiger partial charge in [-0.25, -0.2) is 9.97 Å². The normalized spacial score (nSPS) is 11.7. The van der Waals surface area contributed by atoms with Gasteiger partial charge in [0.2, 0.25) is 0 Å². The van der Waals surface area contributed by atoms with Crippen LogP contribution in [0.2, 0.25) is 0 Å². The van der Waals surface area contributed by atoms with Gasteiger partial charge in [-0.2, -0.15) is 0 Å². The average Bonchev–Trinajstić information content (AvgIpc) is 3.70. The molecule has 246 valence electrons. The molecule has 52 heavy (non-hydrogen) atoms. The summed E-state index contributed by atoms with van der Waals surface area (Å²) in [7, 11) is 0. The van der Waals surface area contributed by atoms with Crippen LogP contribution in [-0.4, -0.2) is 19.1 Å². The highest BCUT2D eigenvalue weighted by atomic mass is 15.1. The summed E-state index contributed by atoms with van der Waals surface area (Å²) < 4.78 is 4.69. The molecule has 10 rings (SSSR count). The highest BCUT2D eigenvalue weighted by Gasteiger charge is 2.18. The Bertz CT molecular complexity index is 2890. The lowest BCUT2D eigenvalue weighted by atomic mass is 10.0. The molecule has 0 spiro atoms. The van der Waals surface area contributed by atoms with Gasteiger partial charge in [-0.05, 0) is 84.6 Å². The van der Waals surface area contributed by atoms with E-state index in [-0.39, 0.29) is 0 Å². The molecule has 0 N–H and O–H groups in total. The fraction of sp³-hybridized carbons (Fsp3) is 0.0417. The molecule has 0 aliphatic rings. The van der Waals surface area contributed by atoms with E-state index in [1.54, 1.807) is 0 Å². The predicted molar refractivity (Wildman–Crippen MR) is 216 cm³/mol. The van der Waals surface area contributed by atoms with Gasteiger partial charge >= 0.3 is 0 Å². The minimum atomic E-state index is 0.702. The van der Waals surface area contributed by atoms with Crippen molar-refractivity contribution in [2.24, 2.45) is 0 Å². The van der Waals surface area contributed by atoms with E-state index in [9.17, 15) is 0 Å². The zero-order valence-corrected chi connectivity index (χ0v) is 29.0. The van der Waals surface area contributed by atoms with Crippen molar-refractivity contribution in [2.75, 3.05) is 0 Å². The molecule has 0 saturated heterocycles. The molecule has 0 radical (unpaired) electrons. The second-order valence-electron chi connectivity index (χ2n) is 13.7. The first-order chi connectivity index (χ1) is 25.6. The summed E-state index contributed by atoms with van der Waals surface area (Å²) in [5.74, 6) is 1.54. The van der Waals surface area contributed by atoms with Crippen LogP contribution in [0.1, 0.15) is 11.1 Å². The summed E-state index contributed by atoms with van der Waals surface area (Å²) in [6.45, 7) is 4.34. The maximum atomic E-state index is 5.20. The molecule has 4 nitrogen and oxygen atoms in total. The summed E-state index contributed by atoms with van der Waals surface area (Å²) in [5.41, 5.74) is 13.7. The summed E-state index contributed by atoms with van der Waals surface area (Å²) in [6.07, 6.45) is 0. The largest absolute Gasteiger partial charge is 0.309 e. The number of benzene rings is 7. The molecule has 0 bridgehead atoms. The van der Waals surface area contributed by atoms with Crippen molar-refractivity contribution < 1.29 is 0 Å². The Morgan fingerprint density at radius 3 is 1.48 bits per heavy atom. The van der Waals surface area contributed by atoms with Crippen molar-refractivity contribution in [3.8, 4) is 45.3 Å². The minimum Gasteiger partial charge on any atom is -0.309 e. The summed E-state index contributed by atoms with van der Waals surface area (Å²) in [5, 5.41) is 4.88. The van der Waals surface area contributed by atoms with E-state index in [0.717, 1.165) is 33.7 Å². The van der Waals surface area contributed by atoms with Crippen LogP contribution in [0.5, 0.6) is 0 Å². The lowest BCUT2D eigenvalue weighted by Gasteiger charge is -2.12. The van der Waals surface area contributed by atoms with Gasteiger partial charge in [0.05, 0.1) is 27.8 Å². The van der Waals surface area contributed by atoms with E-state index < -0.39 is 0 Å². The predicted octanol–water partition coefficient (Wildman–Crippen LogP) is 12.3. The molecular formula is C48H34N4. The summed E-state index contributed by atoms with van der Waals surface area (Å²) in [4.78, 5) is 10.3. The highest BCUT2D eigenvalue weighted by Crippen LogP contribution is 2.39. The zero-order valence-electron chi connectivity index (χ0n) is 29.0. The smallest absolute Gasteiger partial charge is 0.162 e. The Kier molecular flexibility index (Phi) is 6.90. The first-order valence-corrected chi connectivity index (χ1v) is 17.7. The van der Waals surface area contributed by atoms with Crippen molar-refractivity contribution in [1.29, 1.82) is 0 Å². The van der Waals surface area contributed by atoms with Crippen LogP contribution in [0, 0.1) is 13.8 Å². The lowest BCUT2D eigenvalue weighted by molar-refractivity contribution is 1.05. The Hall–Kier alpha value is -6.78. The average molecular weight is 667 g/mol. The first kappa shape index (κ1) is 30.1. The molecule has 0 aliphatic carbocycles. The van der Waals surface area contributed by atoms with Crippen LogP contribution in [0.15, 0.2) is 170 Å². The second kappa shape index (κ2) is 11.9. The summed E-state index contributed by atoms with van der Waals surface area (Å²) in [6, 6.07) is 60.6. The molecule has 0 aliphatic heterocycles. The second-order valence-corrected chi connectivity index (χ2v) is 13.7. The van der Waals surface area contributed by atoms with Crippen LogP contribution in [0.4, 0.5) is 0 Å². The molecule has 4 heteroatoms. The molecule has 10 aromatic rings. The van der Waals surface area contributed by atoms with Crippen LogP contribution in [0.25, 0.3) is 88.9 Å². The third-order valence-corrected chi connectivity index (χ3v) is 10.2. The Labute approximate surface area is 301 Å². The maximum Gasteiger partial charge on any atom is 0.162 e. The number of hydrogen-bond acceptors (Lipinski definition) is 2. The van der Waals surface area contributed by atoms with E-state index in [2.05, 4.69) is 169 Å². The number of hydrogen-bond donors (Lipinski definition) is 0. The Morgan fingerprint density at radius 2 is 0.865 bits per heavy atom. The van der Waals surface area contributed by atoms with Gasteiger partial charge in [0.25, 0.3) is 0 Å². The molecule has 3 heterocycles. The van der Waals surface area contributed by atoms with Gasteiger partial charge in [-0.3, -0.25) is 4.57 Å². The van der Waals surface area contributed by atoms with E-state index in [1.165, 1.54) is 60.5 Å². The fourth-order valence-corrected chi connectivity index (χ4v) is 7.93. The number of rotatable bonds is 5. The van der Waals surface area contributed by atoms with Gasteiger partial charge in [0.15, 0.2) is 5.82 Å². The summed E-state index contributed by atoms with van der Waals surface area (Å²) >= 11 is 0. The lowest BCUT2D eigenvalue weighted by Crippen LogP contribution is -2.02. The maximum absolute atomic E-state index is 5.20. The van der Waals surface area contributed by atoms with Crippen molar-refractivity contribution in [3.05, 3.63) is 181 Å².